The highest BCUT2D eigenvalue weighted by Crippen LogP contribution is 2.08. The van der Waals surface area contributed by atoms with E-state index in [0.717, 1.165) is 5.56 Å². The van der Waals surface area contributed by atoms with E-state index in [9.17, 15) is 0 Å². The van der Waals surface area contributed by atoms with Crippen LogP contribution < -0.4 is 0 Å². The van der Waals surface area contributed by atoms with Gasteiger partial charge in [-0.2, -0.15) is 4.37 Å². The van der Waals surface area contributed by atoms with Crippen LogP contribution in [-0.2, 0) is 6.61 Å². The van der Waals surface area contributed by atoms with Crippen molar-refractivity contribution in [1.82, 2.24) is 9.36 Å². The first-order chi connectivity index (χ1) is 7.38. The SMILES string of the molecule is OCc1nc(/C=C/c2ccccc2)ns1. The summed E-state index contributed by atoms with van der Waals surface area (Å²) in [6.45, 7) is -0.0448. The molecule has 0 saturated heterocycles. The summed E-state index contributed by atoms with van der Waals surface area (Å²) in [5, 5.41) is 9.46. The normalized spacial score (nSPS) is 11.0. The van der Waals surface area contributed by atoms with Crippen LogP contribution in [0.4, 0.5) is 0 Å². The summed E-state index contributed by atoms with van der Waals surface area (Å²) in [4.78, 5) is 4.11. The van der Waals surface area contributed by atoms with Crippen LogP contribution in [0.3, 0.4) is 0 Å². The number of rotatable bonds is 3. The molecule has 0 bridgehead atoms. The molecule has 0 aliphatic heterocycles. The largest absolute Gasteiger partial charge is 0.389 e. The van der Waals surface area contributed by atoms with Crippen LogP contribution in [0, 0.1) is 0 Å². The molecule has 0 aliphatic carbocycles. The Bertz CT molecular complexity index is 451. The number of hydrogen-bond donors (Lipinski definition) is 1. The molecule has 0 saturated carbocycles. The van der Waals surface area contributed by atoms with Gasteiger partial charge in [0.15, 0.2) is 5.82 Å². The maximum absolute atomic E-state index is 8.82. The lowest BCUT2D eigenvalue weighted by Crippen LogP contribution is -1.80. The number of nitrogens with zero attached hydrogens (tertiary/aromatic N) is 2. The van der Waals surface area contributed by atoms with Gasteiger partial charge >= 0.3 is 0 Å². The summed E-state index contributed by atoms with van der Waals surface area (Å²) in [7, 11) is 0. The summed E-state index contributed by atoms with van der Waals surface area (Å²) < 4.78 is 4.09. The van der Waals surface area contributed by atoms with Crippen molar-refractivity contribution in [1.29, 1.82) is 0 Å². The molecule has 0 unspecified atom stereocenters. The van der Waals surface area contributed by atoms with Crippen molar-refractivity contribution in [3.8, 4) is 0 Å². The number of hydrogen-bond acceptors (Lipinski definition) is 4. The Morgan fingerprint density at radius 3 is 2.67 bits per heavy atom. The van der Waals surface area contributed by atoms with Crippen LogP contribution >= 0.6 is 11.5 Å². The molecule has 4 heteroatoms. The average Bonchev–Trinajstić information content (AvgIpc) is 2.76. The minimum atomic E-state index is -0.0448. The molecule has 1 N–H and O–H groups in total. The third kappa shape index (κ3) is 2.71. The number of aliphatic hydroxyl groups is 1. The van der Waals surface area contributed by atoms with Gasteiger partial charge < -0.3 is 5.11 Å². The number of aromatic nitrogens is 2. The molecule has 1 aromatic heterocycles. The predicted molar refractivity (Wildman–Crippen MR) is 61.2 cm³/mol. The monoisotopic (exact) mass is 218 g/mol. The van der Waals surface area contributed by atoms with Gasteiger partial charge in [-0.3, -0.25) is 0 Å². The molecule has 15 heavy (non-hydrogen) atoms. The summed E-state index contributed by atoms with van der Waals surface area (Å²) >= 11 is 1.22. The second-order valence-corrected chi connectivity index (χ2v) is 3.78. The van der Waals surface area contributed by atoms with E-state index in [4.69, 9.17) is 5.11 Å². The van der Waals surface area contributed by atoms with Crippen LogP contribution in [0.5, 0.6) is 0 Å². The van der Waals surface area contributed by atoms with E-state index in [-0.39, 0.29) is 6.61 Å². The van der Waals surface area contributed by atoms with Gasteiger partial charge in [-0.25, -0.2) is 4.98 Å². The van der Waals surface area contributed by atoms with Crippen molar-refractivity contribution in [2.75, 3.05) is 0 Å². The third-order valence-electron chi connectivity index (χ3n) is 1.84. The highest BCUT2D eigenvalue weighted by atomic mass is 32.1. The zero-order valence-corrected chi connectivity index (χ0v) is 8.81. The molecule has 0 atom stereocenters. The van der Waals surface area contributed by atoms with Crippen molar-refractivity contribution in [2.24, 2.45) is 0 Å². The Morgan fingerprint density at radius 2 is 2.00 bits per heavy atom. The molecule has 2 rings (SSSR count). The zero-order chi connectivity index (χ0) is 10.5. The van der Waals surface area contributed by atoms with E-state index in [1.807, 2.05) is 42.5 Å². The topological polar surface area (TPSA) is 46.0 Å². The summed E-state index contributed by atoms with van der Waals surface area (Å²) in [6, 6.07) is 9.95. The average molecular weight is 218 g/mol. The van der Waals surface area contributed by atoms with Gasteiger partial charge in [0.2, 0.25) is 0 Å². The zero-order valence-electron chi connectivity index (χ0n) is 8.00. The maximum atomic E-state index is 8.82. The molecule has 2 aromatic rings. The third-order valence-corrected chi connectivity index (χ3v) is 2.55. The molecule has 1 aromatic carbocycles. The van der Waals surface area contributed by atoms with Crippen LogP contribution in [0.25, 0.3) is 12.2 Å². The van der Waals surface area contributed by atoms with Crippen LogP contribution in [0.2, 0.25) is 0 Å². The highest BCUT2D eigenvalue weighted by Gasteiger charge is 1.98. The maximum Gasteiger partial charge on any atom is 0.165 e. The highest BCUT2D eigenvalue weighted by molar-refractivity contribution is 7.05. The fourth-order valence-corrected chi connectivity index (χ4v) is 1.63. The second kappa shape index (κ2) is 4.82. The fourth-order valence-electron chi connectivity index (χ4n) is 1.13. The standard InChI is InChI=1S/C11H10N2OS/c14-8-11-12-10(13-15-11)7-6-9-4-2-1-3-5-9/h1-7,14H,8H2/b7-6+. The smallest absolute Gasteiger partial charge is 0.165 e. The lowest BCUT2D eigenvalue weighted by atomic mass is 10.2. The molecule has 1 heterocycles. The molecule has 0 aliphatic rings. The van der Waals surface area contributed by atoms with Crippen molar-refractivity contribution in [3.05, 3.63) is 46.7 Å². The van der Waals surface area contributed by atoms with Crippen LogP contribution in [0.1, 0.15) is 16.4 Å². The second-order valence-electron chi connectivity index (χ2n) is 2.95. The Labute approximate surface area is 91.9 Å². The molecular weight excluding hydrogens is 208 g/mol. The van der Waals surface area contributed by atoms with E-state index < -0.39 is 0 Å². The van der Waals surface area contributed by atoms with Crippen molar-refractivity contribution < 1.29 is 5.11 Å². The van der Waals surface area contributed by atoms with Crippen molar-refractivity contribution >= 4 is 23.7 Å². The van der Waals surface area contributed by atoms with Crippen LogP contribution in [-0.4, -0.2) is 14.5 Å². The summed E-state index contributed by atoms with van der Waals surface area (Å²) in [6.07, 6.45) is 3.79. The Morgan fingerprint density at radius 1 is 1.20 bits per heavy atom. The minimum absolute atomic E-state index is 0.0448. The lowest BCUT2D eigenvalue weighted by molar-refractivity contribution is 0.281. The van der Waals surface area contributed by atoms with Crippen molar-refractivity contribution in [3.63, 3.8) is 0 Å². The van der Waals surface area contributed by atoms with Gasteiger partial charge in [0.25, 0.3) is 0 Å². The van der Waals surface area contributed by atoms with Gasteiger partial charge in [-0.1, -0.05) is 36.4 Å². The Hall–Kier alpha value is -1.52. The number of aliphatic hydroxyl groups excluding tert-OH is 1. The fraction of sp³-hybridized carbons (Fsp3) is 0.0909. The molecule has 0 amide bonds. The van der Waals surface area contributed by atoms with E-state index in [1.54, 1.807) is 0 Å². The summed E-state index contributed by atoms with van der Waals surface area (Å²) in [5.41, 5.74) is 1.11. The molecular formula is C11H10N2OS. The van der Waals surface area contributed by atoms with Gasteiger partial charge in [-0.15, -0.1) is 0 Å². The Kier molecular flexibility index (Phi) is 3.22. The predicted octanol–water partition coefficient (Wildman–Crippen LogP) is 2.20. The lowest BCUT2D eigenvalue weighted by Gasteiger charge is -1.88. The van der Waals surface area contributed by atoms with E-state index >= 15 is 0 Å². The number of benzene rings is 1. The van der Waals surface area contributed by atoms with E-state index in [2.05, 4.69) is 9.36 Å². The quantitative estimate of drug-likeness (QED) is 0.859. The molecule has 0 fully saturated rings. The first-order valence-electron chi connectivity index (χ1n) is 4.55. The van der Waals surface area contributed by atoms with E-state index in [0.29, 0.717) is 10.8 Å². The molecule has 3 nitrogen and oxygen atoms in total. The minimum Gasteiger partial charge on any atom is -0.389 e. The van der Waals surface area contributed by atoms with Gasteiger partial charge in [0.1, 0.15) is 5.01 Å². The molecule has 0 radical (unpaired) electrons. The van der Waals surface area contributed by atoms with Gasteiger partial charge in [-0.05, 0) is 23.2 Å². The van der Waals surface area contributed by atoms with Gasteiger partial charge in [0.05, 0.1) is 6.61 Å². The summed E-state index contributed by atoms with van der Waals surface area (Å²) in [5.74, 6) is 0.646. The first-order valence-corrected chi connectivity index (χ1v) is 5.32. The first kappa shape index (κ1) is 10.0. The van der Waals surface area contributed by atoms with E-state index in [1.165, 1.54) is 11.5 Å². The Balaban J connectivity index is 2.11. The van der Waals surface area contributed by atoms with Gasteiger partial charge in [0, 0.05) is 0 Å². The molecule has 76 valence electrons. The van der Waals surface area contributed by atoms with Crippen LogP contribution in [0.15, 0.2) is 30.3 Å². The van der Waals surface area contributed by atoms with Crippen molar-refractivity contribution in [2.45, 2.75) is 6.61 Å². The molecule has 0 spiro atoms.